The molecular weight excluding hydrogens is 268 g/mol. The maximum absolute atomic E-state index is 6.31. The van der Waals surface area contributed by atoms with E-state index in [1.54, 1.807) is 0 Å². The molecule has 0 aliphatic heterocycles. The molecule has 0 aliphatic rings. The summed E-state index contributed by atoms with van der Waals surface area (Å²) in [6.07, 6.45) is 0. The van der Waals surface area contributed by atoms with Crippen LogP contribution in [0.1, 0.15) is 24.1 Å². The smallest absolute Gasteiger partial charge is 0.0525 e. The minimum absolute atomic E-state index is 0.224. The Balaban J connectivity index is 2.31. The highest BCUT2D eigenvalue weighted by Gasteiger charge is 2.16. The fourth-order valence-corrected chi connectivity index (χ4v) is 2.72. The maximum atomic E-state index is 6.31. The van der Waals surface area contributed by atoms with Crippen molar-refractivity contribution < 1.29 is 0 Å². The summed E-state index contributed by atoms with van der Waals surface area (Å²) in [5.74, 6) is 0. The van der Waals surface area contributed by atoms with Crippen molar-refractivity contribution in [3.8, 4) is 0 Å². The Labute approximate surface area is 126 Å². The zero-order valence-electron chi connectivity index (χ0n) is 12.2. The third-order valence-corrected chi connectivity index (χ3v) is 4.02. The van der Waals surface area contributed by atoms with Crippen molar-refractivity contribution in [1.29, 1.82) is 0 Å². The largest absolute Gasteiger partial charge is 0.368 e. The van der Waals surface area contributed by atoms with Gasteiger partial charge in [-0.2, -0.15) is 0 Å². The number of halogens is 1. The van der Waals surface area contributed by atoms with Crippen LogP contribution < -0.4 is 10.2 Å². The molecule has 1 N–H and O–H groups in total. The molecule has 0 amide bonds. The quantitative estimate of drug-likeness (QED) is 0.884. The first-order valence-corrected chi connectivity index (χ1v) is 7.22. The standard InChI is InChI=1S/C17H21ClN2/c1-13(15-9-5-6-10-16(15)18)20(3)17-11-7-4-8-14(17)12-19-2/h4-11,13,19H,12H2,1-3H3. The van der Waals surface area contributed by atoms with Crippen LogP contribution in [-0.2, 0) is 6.54 Å². The molecular formula is C17H21ClN2. The van der Waals surface area contributed by atoms with E-state index in [0.717, 1.165) is 17.1 Å². The molecule has 0 bridgehead atoms. The number of nitrogens with zero attached hydrogens (tertiary/aromatic N) is 1. The van der Waals surface area contributed by atoms with E-state index in [4.69, 9.17) is 11.6 Å². The van der Waals surface area contributed by atoms with E-state index in [9.17, 15) is 0 Å². The van der Waals surface area contributed by atoms with Crippen LogP contribution in [-0.4, -0.2) is 14.1 Å². The van der Waals surface area contributed by atoms with Gasteiger partial charge in [0.05, 0.1) is 6.04 Å². The number of nitrogens with one attached hydrogen (secondary N) is 1. The van der Waals surface area contributed by atoms with Crippen molar-refractivity contribution in [2.24, 2.45) is 0 Å². The van der Waals surface area contributed by atoms with E-state index in [1.165, 1.54) is 11.3 Å². The zero-order chi connectivity index (χ0) is 14.5. The van der Waals surface area contributed by atoms with Crippen molar-refractivity contribution in [3.63, 3.8) is 0 Å². The third kappa shape index (κ3) is 3.14. The van der Waals surface area contributed by atoms with Gasteiger partial charge in [-0.3, -0.25) is 0 Å². The molecule has 0 saturated carbocycles. The van der Waals surface area contributed by atoms with E-state index in [1.807, 2.05) is 25.2 Å². The predicted octanol–water partition coefficient (Wildman–Crippen LogP) is 4.26. The highest BCUT2D eigenvalue weighted by molar-refractivity contribution is 6.31. The van der Waals surface area contributed by atoms with E-state index in [-0.39, 0.29) is 6.04 Å². The second kappa shape index (κ2) is 6.78. The first kappa shape index (κ1) is 14.9. The second-order valence-electron chi connectivity index (χ2n) is 4.97. The lowest BCUT2D eigenvalue weighted by molar-refractivity contribution is 0.727. The SMILES string of the molecule is CNCc1ccccc1N(C)C(C)c1ccccc1Cl. The van der Waals surface area contributed by atoms with Gasteiger partial charge in [0.25, 0.3) is 0 Å². The fraction of sp³-hybridized carbons (Fsp3) is 0.294. The molecule has 2 aromatic rings. The maximum Gasteiger partial charge on any atom is 0.0525 e. The summed E-state index contributed by atoms with van der Waals surface area (Å²) in [6.45, 7) is 3.03. The van der Waals surface area contributed by atoms with E-state index >= 15 is 0 Å². The van der Waals surface area contributed by atoms with Gasteiger partial charge in [0, 0.05) is 24.3 Å². The van der Waals surface area contributed by atoms with Gasteiger partial charge >= 0.3 is 0 Å². The van der Waals surface area contributed by atoms with Crippen LogP contribution in [0.2, 0.25) is 5.02 Å². The van der Waals surface area contributed by atoms with Crippen molar-refractivity contribution in [3.05, 3.63) is 64.7 Å². The van der Waals surface area contributed by atoms with E-state index in [0.29, 0.717) is 0 Å². The Hall–Kier alpha value is -1.51. The van der Waals surface area contributed by atoms with Crippen LogP contribution in [0.5, 0.6) is 0 Å². The first-order chi connectivity index (χ1) is 9.65. The van der Waals surface area contributed by atoms with Crippen LogP contribution in [0.4, 0.5) is 5.69 Å². The molecule has 20 heavy (non-hydrogen) atoms. The summed E-state index contributed by atoms with van der Waals surface area (Å²) in [6, 6.07) is 16.7. The monoisotopic (exact) mass is 288 g/mol. The van der Waals surface area contributed by atoms with Gasteiger partial charge in [0.15, 0.2) is 0 Å². The minimum Gasteiger partial charge on any atom is -0.368 e. The van der Waals surface area contributed by atoms with Gasteiger partial charge in [-0.15, -0.1) is 0 Å². The summed E-state index contributed by atoms with van der Waals surface area (Å²) < 4.78 is 0. The summed E-state index contributed by atoms with van der Waals surface area (Å²) >= 11 is 6.31. The number of rotatable bonds is 5. The molecule has 2 aromatic carbocycles. The highest BCUT2D eigenvalue weighted by atomic mass is 35.5. The average Bonchev–Trinajstić information content (AvgIpc) is 2.47. The first-order valence-electron chi connectivity index (χ1n) is 6.85. The summed E-state index contributed by atoms with van der Waals surface area (Å²) in [4.78, 5) is 2.27. The van der Waals surface area contributed by atoms with Gasteiger partial charge < -0.3 is 10.2 Å². The van der Waals surface area contributed by atoms with E-state index < -0.39 is 0 Å². The van der Waals surface area contributed by atoms with Crippen LogP contribution in [0, 0.1) is 0 Å². The third-order valence-electron chi connectivity index (χ3n) is 3.68. The fourth-order valence-electron chi connectivity index (χ4n) is 2.43. The molecule has 106 valence electrons. The average molecular weight is 289 g/mol. The van der Waals surface area contributed by atoms with Gasteiger partial charge in [0.1, 0.15) is 0 Å². The molecule has 2 rings (SSSR count). The van der Waals surface area contributed by atoms with Crippen LogP contribution in [0.15, 0.2) is 48.5 Å². The number of hydrogen-bond donors (Lipinski definition) is 1. The summed E-state index contributed by atoms with van der Waals surface area (Å²) in [7, 11) is 4.08. The zero-order valence-corrected chi connectivity index (χ0v) is 13.0. The van der Waals surface area contributed by atoms with Gasteiger partial charge in [-0.05, 0) is 37.2 Å². The van der Waals surface area contributed by atoms with Gasteiger partial charge in [-0.1, -0.05) is 48.0 Å². The lowest BCUT2D eigenvalue weighted by atomic mass is 10.0. The highest BCUT2D eigenvalue weighted by Crippen LogP contribution is 2.31. The van der Waals surface area contributed by atoms with Crippen molar-refractivity contribution >= 4 is 17.3 Å². The molecule has 0 radical (unpaired) electrons. The summed E-state index contributed by atoms with van der Waals surface area (Å²) in [5, 5.41) is 4.03. The molecule has 1 atom stereocenters. The molecule has 0 fully saturated rings. The molecule has 1 unspecified atom stereocenters. The van der Waals surface area contributed by atoms with Crippen molar-refractivity contribution in [2.45, 2.75) is 19.5 Å². The predicted molar refractivity (Wildman–Crippen MR) is 87.5 cm³/mol. The number of hydrogen-bond acceptors (Lipinski definition) is 2. The Morgan fingerprint density at radius 3 is 2.45 bits per heavy atom. The van der Waals surface area contributed by atoms with Gasteiger partial charge in [0.2, 0.25) is 0 Å². The Morgan fingerprint density at radius 1 is 1.10 bits per heavy atom. The van der Waals surface area contributed by atoms with Crippen molar-refractivity contribution in [1.82, 2.24) is 5.32 Å². The lowest BCUT2D eigenvalue weighted by Gasteiger charge is -2.30. The molecule has 0 aliphatic carbocycles. The Bertz CT molecular complexity index is 568. The van der Waals surface area contributed by atoms with Crippen LogP contribution >= 0.6 is 11.6 Å². The number of anilines is 1. The second-order valence-corrected chi connectivity index (χ2v) is 5.37. The van der Waals surface area contributed by atoms with Gasteiger partial charge in [-0.25, -0.2) is 0 Å². The lowest BCUT2D eigenvalue weighted by Crippen LogP contribution is -2.24. The molecule has 3 heteroatoms. The molecule has 0 heterocycles. The topological polar surface area (TPSA) is 15.3 Å². The minimum atomic E-state index is 0.224. The van der Waals surface area contributed by atoms with Crippen LogP contribution in [0.3, 0.4) is 0 Å². The molecule has 0 spiro atoms. The normalized spacial score (nSPS) is 12.2. The Kier molecular flexibility index (Phi) is 5.05. The summed E-state index contributed by atoms with van der Waals surface area (Å²) in [5.41, 5.74) is 3.67. The molecule has 0 saturated heterocycles. The molecule has 2 nitrogen and oxygen atoms in total. The Morgan fingerprint density at radius 2 is 1.75 bits per heavy atom. The van der Waals surface area contributed by atoms with Crippen LogP contribution in [0.25, 0.3) is 0 Å². The van der Waals surface area contributed by atoms with Crippen molar-refractivity contribution in [2.75, 3.05) is 19.0 Å². The number of benzene rings is 2. The molecule has 0 aromatic heterocycles. The number of para-hydroxylation sites is 1. The van der Waals surface area contributed by atoms with E-state index in [2.05, 4.69) is 54.5 Å².